The molecule has 0 radical (unpaired) electrons. The molecule has 1 aromatic heterocycles. The second-order valence-electron chi connectivity index (χ2n) is 7.77. The summed E-state index contributed by atoms with van der Waals surface area (Å²) in [5, 5.41) is 9.77. The lowest BCUT2D eigenvalue weighted by Gasteiger charge is -2.18. The number of aromatic nitrogens is 1. The Hall–Kier alpha value is -3.22. The number of carboxylic acids is 1. The number of rotatable bonds is 6. The summed E-state index contributed by atoms with van der Waals surface area (Å²) in [4.78, 5) is 16.5. The van der Waals surface area contributed by atoms with Crippen molar-refractivity contribution in [1.82, 2.24) is 4.98 Å². The Morgan fingerprint density at radius 2 is 1.42 bits per heavy atom. The van der Waals surface area contributed by atoms with E-state index in [1.165, 1.54) is 36.4 Å². The maximum Gasteiger partial charge on any atom is 0.416 e. The fourth-order valence-electron chi connectivity index (χ4n) is 3.35. The van der Waals surface area contributed by atoms with Crippen molar-refractivity contribution in [2.75, 3.05) is 0 Å². The van der Waals surface area contributed by atoms with Crippen LogP contribution in [0.15, 0.2) is 60.7 Å². The van der Waals surface area contributed by atoms with Crippen LogP contribution in [0.1, 0.15) is 37.3 Å². The van der Waals surface area contributed by atoms with Crippen LogP contribution < -0.4 is 0 Å². The van der Waals surface area contributed by atoms with Gasteiger partial charge < -0.3 is 5.11 Å². The standard InChI is InChI=1S/C24H21F4NO2/c1-14(2)11-20(23(30)31)17-12-21(15-3-7-18(8-4-15)24(26,27)28)29-22(13-17)16-5-9-19(25)10-6-16/h3-10,12-14,20H,11H2,1-2H3,(H,30,31). The molecule has 0 fully saturated rings. The molecule has 2 aromatic carbocycles. The molecule has 0 aliphatic heterocycles. The first kappa shape index (κ1) is 22.5. The number of hydrogen-bond acceptors (Lipinski definition) is 2. The SMILES string of the molecule is CC(C)CC(C(=O)O)c1cc(-c2ccc(F)cc2)nc(-c2ccc(C(F)(F)F)cc2)c1. The van der Waals surface area contributed by atoms with Crippen LogP contribution in [0, 0.1) is 11.7 Å². The minimum absolute atomic E-state index is 0.109. The molecule has 0 bridgehead atoms. The third-order valence-corrected chi connectivity index (χ3v) is 4.90. The Morgan fingerprint density at radius 1 is 0.935 bits per heavy atom. The smallest absolute Gasteiger partial charge is 0.416 e. The molecule has 0 spiro atoms. The molecule has 0 saturated heterocycles. The van der Waals surface area contributed by atoms with E-state index >= 15 is 0 Å². The first-order valence-electron chi connectivity index (χ1n) is 9.73. The van der Waals surface area contributed by atoms with E-state index in [-0.39, 0.29) is 5.92 Å². The van der Waals surface area contributed by atoms with Gasteiger partial charge in [-0.05, 0) is 66.4 Å². The predicted octanol–water partition coefficient (Wildman–Crippen LogP) is 6.79. The molecule has 0 saturated carbocycles. The lowest BCUT2D eigenvalue weighted by atomic mass is 9.89. The highest BCUT2D eigenvalue weighted by Gasteiger charge is 2.30. The highest BCUT2D eigenvalue weighted by molar-refractivity contribution is 5.78. The Kier molecular flexibility index (Phi) is 6.43. The summed E-state index contributed by atoms with van der Waals surface area (Å²) in [6, 6.07) is 13.4. The van der Waals surface area contributed by atoms with Gasteiger partial charge in [-0.2, -0.15) is 13.2 Å². The number of carboxylic acid groups (broad SMARTS) is 1. The largest absolute Gasteiger partial charge is 0.481 e. The van der Waals surface area contributed by atoms with Crippen LogP contribution in [0.2, 0.25) is 0 Å². The molecule has 3 rings (SSSR count). The molecule has 31 heavy (non-hydrogen) atoms. The third kappa shape index (κ3) is 5.48. The lowest BCUT2D eigenvalue weighted by molar-refractivity contribution is -0.139. The fourth-order valence-corrected chi connectivity index (χ4v) is 3.35. The van der Waals surface area contributed by atoms with Crippen LogP contribution in [0.25, 0.3) is 22.5 Å². The molecule has 162 valence electrons. The fraction of sp³-hybridized carbons (Fsp3) is 0.250. The van der Waals surface area contributed by atoms with E-state index in [1.807, 2.05) is 13.8 Å². The van der Waals surface area contributed by atoms with Crippen molar-refractivity contribution in [3.05, 3.63) is 77.6 Å². The monoisotopic (exact) mass is 431 g/mol. The normalized spacial score (nSPS) is 12.7. The van der Waals surface area contributed by atoms with E-state index in [4.69, 9.17) is 0 Å². The van der Waals surface area contributed by atoms with Crippen LogP contribution >= 0.6 is 0 Å². The van der Waals surface area contributed by atoms with E-state index in [1.54, 1.807) is 12.1 Å². The van der Waals surface area contributed by atoms with Gasteiger partial charge in [0.15, 0.2) is 0 Å². The summed E-state index contributed by atoms with van der Waals surface area (Å²) in [6.07, 6.45) is -4.08. The molecule has 1 heterocycles. The van der Waals surface area contributed by atoms with Gasteiger partial charge >= 0.3 is 12.1 Å². The molecule has 1 atom stereocenters. The highest BCUT2D eigenvalue weighted by atomic mass is 19.4. The summed E-state index contributed by atoms with van der Waals surface area (Å²) < 4.78 is 52.1. The highest BCUT2D eigenvalue weighted by Crippen LogP contribution is 2.34. The number of alkyl halides is 3. The van der Waals surface area contributed by atoms with Crippen molar-refractivity contribution < 1.29 is 27.5 Å². The second kappa shape index (κ2) is 8.88. The quantitative estimate of drug-likeness (QED) is 0.437. The van der Waals surface area contributed by atoms with Gasteiger partial charge in [-0.25, -0.2) is 9.37 Å². The van der Waals surface area contributed by atoms with Gasteiger partial charge in [0.2, 0.25) is 0 Å². The molecule has 0 aliphatic rings. The van der Waals surface area contributed by atoms with Gasteiger partial charge in [0, 0.05) is 11.1 Å². The van der Waals surface area contributed by atoms with Crippen LogP contribution in [-0.4, -0.2) is 16.1 Å². The Morgan fingerprint density at radius 3 is 1.84 bits per heavy atom. The molecule has 0 amide bonds. The molecule has 0 aliphatic carbocycles. The van der Waals surface area contributed by atoms with Gasteiger partial charge in [0.05, 0.1) is 22.9 Å². The van der Waals surface area contributed by atoms with E-state index < -0.39 is 29.4 Å². The zero-order valence-electron chi connectivity index (χ0n) is 16.9. The van der Waals surface area contributed by atoms with Gasteiger partial charge in [-0.15, -0.1) is 0 Å². The molecule has 3 aromatic rings. The van der Waals surface area contributed by atoms with Crippen molar-refractivity contribution in [3.63, 3.8) is 0 Å². The van der Waals surface area contributed by atoms with Crippen LogP contribution in [0.3, 0.4) is 0 Å². The maximum absolute atomic E-state index is 13.3. The summed E-state index contributed by atoms with van der Waals surface area (Å²) in [5.41, 5.74) is 1.47. The van der Waals surface area contributed by atoms with E-state index in [9.17, 15) is 27.5 Å². The average Bonchev–Trinajstić information content (AvgIpc) is 2.71. The second-order valence-corrected chi connectivity index (χ2v) is 7.77. The minimum Gasteiger partial charge on any atom is -0.481 e. The van der Waals surface area contributed by atoms with Crippen LogP contribution in [-0.2, 0) is 11.0 Å². The summed E-state index contributed by atoms with van der Waals surface area (Å²) >= 11 is 0. The first-order chi connectivity index (χ1) is 14.5. The summed E-state index contributed by atoms with van der Waals surface area (Å²) in [7, 11) is 0. The minimum atomic E-state index is -4.46. The molecule has 1 unspecified atom stereocenters. The Balaban J connectivity index is 2.14. The first-order valence-corrected chi connectivity index (χ1v) is 9.73. The van der Waals surface area contributed by atoms with Crippen LogP contribution in [0.5, 0.6) is 0 Å². The van der Waals surface area contributed by atoms with E-state index in [0.717, 1.165) is 12.1 Å². The van der Waals surface area contributed by atoms with E-state index in [2.05, 4.69) is 4.98 Å². The Bertz CT molecular complexity index is 1060. The van der Waals surface area contributed by atoms with Crippen LogP contribution in [0.4, 0.5) is 17.6 Å². The van der Waals surface area contributed by atoms with Gasteiger partial charge in [-0.1, -0.05) is 26.0 Å². The Labute approximate surface area is 177 Å². The maximum atomic E-state index is 13.3. The molecule has 7 heteroatoms. The number of halogens is 4. The molecule has 3 nitrogen and oxygen atoms in total. The summed E-state index contributed by atoms with van der Waals surface area (Å²) in [5.74, 6) is -2.12. The number of benzene rings is 2. The molecular formula is C24H21F4NO2. The summed E-state index contributed by atoms with van der Waals surface area (Å²) in [6.45, 7) is 3.82. The number of pyridine rings is 1. The van der Waals surface area contributed by atoms with Crippen molar-refractivity contribution in [1.29, 1.82) is 0 Å². The average molecular weight is 431 g/mol. The topological polar surface area (TPSA) is 50.2 Å². The lowest BCUT2D eigenvalue weighted by Crippen LogP contribution is -2.14. The molecule has 1 N–H and O–H groups in total. The number of carbonyl (C=O) groups is 1. The zero-order chi connectivity index (χ0) is 22.8. The van der Waals surface area contributed by atoms with Crippen molar-refractivity contribution >= 4 is 5.97 Å². The number of nitrogens with zero attached hydrogens (tertiary/aromatic N) is 1. The zero-order valence-corrected chi connectivity index (χ0v) is 16.9. The van der Waals surface area contributed by atoms with Gasteiger partial charge in [0.1, 0.15) is 5.82 Å². The third-order valence-electron chi connectivity index (χ3n) is 4.90. The number of aliphatic carboxylic acids is 1. The molecular weight excluding hydrogens is 410 g/mol. The van der Waals surface area contributed by atoms with E-state index in [0.29, 0.717) is 34.5 Å². The van der Waals surface area contributed by atoms with Gasteiger partial charge in [-0.3, -0.25) is 4.79 Å². The predicted molar refractivity (Wildman–Crippen MR) is 110 cm³/mol. The number of hydrogen-bond donors (Lipinski definition) is 1. The van der Waals surface area contributed by atoms with Gasteiger partial charge in [0.25, 0.3) is 0 Å². The van der Waals surface area contributed by atoms with Crippen molar-refractivity contribution in [2.24, 2.45) is 5.92 Å². The van der Waals surface area contributed by atoms with Crippen molar-refractivity contribution in [3.8, 4) is 22.5 Å². The van der Waals surface area contributed by atoms with Crippen molar-refractivity contribution in [2.45, 2.75) is 32.4 Å².